The Labute approximate surface area is 115 Å². The van der Waals surface area contributed by atoms with Crippen molar-refractivity contribution in [1.82, 2.24) is 15.4 Å². The van der Waals surface area contributed by atoms with Crippen molar-refractivity contribution >= 4 is 5.91 Å². The first-order valence-corrected chi connectivity index (χ1v) is 6.46. The highest BCUT2D eigenvalue weighted by molar-refractivity contribution is 5.99. The van der Waals surface area contributed by atoms with Crippen LogP contribution in [-0.2, 0) is 0 Å². The zero-order valence-corrected chi connectivity index (χ0v) is 10.8. The second kappa shape index (κ2) is 5.42. The van der Waals surface area contributed by atoms with Crippen molar-refractivity contribution in [3.05, 3.63) is 41.9 Å². The molecule has 1 amide bonds. The van der Waals surface area contributed by atoms with Crippen LogP contribution in [0, 0.1) is 5.82 Å². The lowest BCUT2D eigenvalue weighted by Gasteiger charge is -2.27. The average Bonchev–Trinajstić information content (AvgIpc) is 2.97. The molecule has 0 spiro atoms. The number of rotatable bonds is 2. The number of carbonyl (C=O) groups excluding carboxylic acids is 1. The highest BCUT2D eigenvalue weighted by Crippen LogP contribution is 2.24. The molecule has 1 aliphatic heterocycles. The van der Waals surface area contributed by atoms with E-state index < -0.39 is 0 Å². The topological polar surface area (TPSA) is 58.4 Å². The highest BCUT2D eigenvalue weighted by atomic mass is 19.1. The molecule has 3 rings (SSSR count). The molecule has 0 unspecified atom stereocenters. The maximum atomic E-state index is 13.3. The Morgan fingerprint density at radius 1 is 1.35 bits per heavy atom. The smallest absolute Gasteiger partial charge is 0.259 e. The number of halogens is 1. The van der Waals surface area contributed by atoms with E-state index in [0.29, 0.717) is 29.9 Å². The predicted octanol–water partition coefficient (Wildman–Crippen LogP) is 1.53. The van der Waals surface area contributed by atoms with E-state index in [1.54, 1.807) is 17.0 Å². The fourth-order valence-electron chi connectivity index (χ4n) is 2.27. The number of aromatic nitrogens is 1. The van der Waals surface area contributed by atoms with Gasteiger partial charge in [-0.1, -0.05) is 17.3 Å². The minimum absolute atomic E-state index is 0.132. The minimum atomic E-state index is -0.369. The van der Waals surface area contributed by atoms with E-state index in [1.165, 1.54) is 18.4 Å². The number of piperazine rings is 1. The molecule has 5 nitrogen and oxygen atoms in total. The third-order valence-electron chi connectivity index (χ3n) is 3.30. The van der Waals surface area contributed by atoms with Crippen LogP contribution in [0.25, 0.3) is 11.3 Å². The van der Waals surface area contributed by atoms with Gasteiger partial charge < -0.3 is 14.7 Å². The summed E-state index contributed by atoms with van der Waals surface area (Å²) < 4.78 is 18.2. The number of amides is 1. The summed E-state index contributed by atoms with van der Waals surface area (Å²) >= 11 is 0. The second-order valence-corrected chi connectivity index (χ2v) is 4.63. The number of benzene rings is 1. The molecule has 1 aromatic carbocycles. The van der Waals surface area contributed by atoms with Crippen LogP contribution in [0.15, 0.2) is 35.1 Å². The molecule has 0 radical (unpaired) electrons. The van der Waals surface area contributed by atoms with Crippen molar-refractivity contribution in [1.29, 1.82) is 0 Å². The molecule has 1 saturated heterocycles. The van der Waals surface area contributed by atoms with Gasteiger partial charge in [0.1, 0.15) is 23.3 Å². The van der Waals surface area contributed by atoms with E-state index in [0.717, 1.165) is 13.1 Å². The first-order valence-electron chi connectivity index (χ1n) is 6.46. The molecule has 0 saturated carbocycles. The van der Waals surface area contributed by atoms with Crippen molar-refractivity contribution < 1.29 is 13.7 Å². The van der Waals surface area contributed by atoms with Gasteiger partial charge >= 0.3 is 0 Å². The van der Waals surface area contributed by atoms with Crippen molar-refractivity contribution in [3.8, 4) is 11.3 Å². The summed E-state index contributed by atoms with van der Waals surface area (Å²) in [5.74, 6) is -0.502. The Morgan fingerprint density at radius 2 is 2.15 bits per heavy atom. The molecule has 1 fully saturated rings. The summed E-state index contributed by atoms with van der Waals surface area (Å²) in [6.45, 7) is 2.83. The maximum Gasteiger partial charge on any atom is 0.259 e. The van der Waals surface area contributed by atoms with Gasteiger partial charge in [-0.3, -0.25) is 4.79 Å². The van der Waals surface area contributed by atoms with Gasteiger partial charge in [-0.2, -0.15) is 0 Å². The lowest BCUT2D eigenvalue weighted by Crippen LogP contribution is -2.46. The van der Waals surface area contributed by atoms with E-state index in [2.05, 4.69) is 10.5 Å². The van der Waals surface area contributed by atoms with Crippen molar-refractivity contribution in [3.63, 3.8) is 0 Å². The summed E-state index contributed by atoms with van der Waals surface area (Å²) in [7, 11) is 0. The number of nitrogens with zero attached hydrogens (tertiary/aromatic N) is 2. The summed E-state index contributed by atoms with van der Waals surface area (Å²) in [6, 6.07) is 5.97. The Bertz CT molecular complexity index is 620. The van der Waals surface area contributed by atoms with E-state index in [-0.39, 0.29) is 11.7 Å². The summed E-state index contributed by atoms with van der Waals surface area (Å²) in [6.07, 6.45) is 1.32. The van der Waals surface area contributed by atoms with Gasteiger partial charge in [0.15, 0.2) is 0 Å². The molecule has 2 heterocycles. The standard InChI is InChI=1S/C14H14FN3O2/c15-11-3-1-2-10(8-11)13-12(9-20-17-13)14(19)18-6-4-16-5-7-18/h1-3,8-9,16H,4-7H2. The number of hydrogen-bond acceptors (Lipinski definition) is 4. The van der Waals surface area contributed by atoms with Gasteiger partial charge in [-0.25, -0.2) is 4.39 Å². The van der Waals surface area contributed by atoms with Gasteiger partial charge in [0, 0.05) is 31.7 Å². The molecule has 1 aliphatic rings. The number of hydrogen-bond donors (Lipinski definition) is 1. The lowest BCUT2D eigenvalue weighted by molar-refractivity contribution is 0.0736. The molecule has 0 bridgehead atoms. The Balaban J connectivity index is 1.91. The SMILES string of the molecule is O=C(c1conc1-c1cccc(F)c1)N1CCNCC1. The van der Waals surface area contributed by atoms with Gasteiger partial charge in [0.25, 0.3) is 5.91 Å². The minimum Gasteiger partial charge on any atom is -0.363 e. The molecule has 104 valence electrons. The zero-order valence-electron chi connectivity index (χ0n) is 10.8. The monoisotopic (exact) mass is 275 g/mol. The number of nitrogens with one attached hydrogen (secondary N) is 1. The van der Waals surface area contributed by atoms with Crippen LogP contribution in [0.2, 0.25) is 0 Å². The molecule has 0 atom stereocenters. The van der Waals surface area contributed by atoms with Crippen LogP contribution >= 0.6 is 0 Å². The van der Waals surface area contributed by atoms with E-state index >= 15 is 0 Å². The van der Waals surface area contributed by atoms with Gasteiger partial charge in [0.2, 0.25) is 0 Å². The Hall–Kier alpha value is -2.21. The molecule has 1 N–H and O–H groups in total. The largest absolute Gasteiger partial charge is 0.363 e. The lowest BCUT2D eigenvalue weighted by atomic mass is 10.1. The van der Waals surface area contributed by atoms with Crippen LogP contribution in [0.4, 0.5) is 4.39 Å². The van der Waals surface area contributed by atoms with Crippen molar-refractivity contribution in [2.45, 2.75) is 0 Å². The molecule has 6 heteroatoms. The predicted molar refractivity (Wildman–Crippen MR) is 70.7 cm³/mol. The van der Waals surface area contributed by atoms with Crippen LogP contribution < -0.4 is 5.32 Å². The third-order valence-corrected chi connectivity index (χ3v) is 3.30. The van der Waals surface area contributed by atoms with Crippen LogP contribution in [0.3, 0.4) is 0 Å². The summed E-state index contributed by atoms with van der Waals surface area (Å²) in [5, 5.41) is 7.02. The zero-order chi connectivity index (χ0) is 13.9. The van der Waals surface area contributed by atoms with Gasteiger partial charge in [-0.05, 0) is 12.1 Å². The van der Waals surface area contributed by atoms with Gasteiger partial charge in [0.05, 0.1) is 0 Å². The van der Waals surface area contributed by atoms with E-state index in [4.69, 9.17) is 4.52 Å². The molecule has 1 aromatic heterocycles. The quantitative estimate of drug-likeness (QED) is 0.903. The molecular formula is C14H14FN3O2. The van der Waals surface area contributed by atoms with Crippen LogP contribution in [-0.4, -0.2) is 42.1 Å². The highest BCUT2D eigenvalue weighted by Gasteiger charge is 2.24. The normalized spacial score (nSPS) is 15.3. The molecule has 0 aliphatic carbocycles. The van der Waals surface area contributed by atoms with Crippen LogP contribution in [0.1, 0.15) is 10.4 Å². The van der Waals surface area contributed by atoms with Crippen molar-refractivity contribution in [2.24, 2.45) is 0 Å². The molecule has 2 aromatic rings. The fourth-order valence-corrected chi connectivity index (χ4v) is 2.27. The van der Waals surface area contributed by atoms with Gasteiger partial charge in [-0.15, -0.1) is 0 Å². The second-order valence-electron chi connectivity index (χ2n) is 4.63. The average molecular weight is 275 g/mol. The van der Waals surface area contributed by atoms with Crippen molar-refractivity contribution in [2.75, 3.05) is 26.2 Å². The molecule has 20 heavy (non-hydrogen) atoms. The maximum absolute atomic E-state index is 13.3. The summed E-state index contributed by atoms with van der Waals surface area (Å²) in [5.41, 5.74) is 1.29. The Morgan fingerprint density at radius 3 is 2.90 bits per heavy atom. The fraction of sp³-hybridized carbons (Fsp3) is 0.286. The summed E-state index contributed by atoms with van der Waals surface area (Å²) in [4.78, 5) is 14.2. The van der Waals surface area contributed by atoms with E-state index in [9.17, 15) is 9.18 Å². The molecular weight excluding hydrogens is 261 g/mol. The number of carbonyl (C=O) groups is 1. The first-order chi connectivity index (χ1) is 9.75. The first kappa shape index (κ1) is 12.8. The third kappa shape index (κ3) is 2.42. The Kier molecular flexibility index (Phi) is 3.47. The van der Waals surface area contributed by atoms with Crippen LogP contribution in [0.5, 0.6) is 0 Å². The van der Waals surface area contributed by atoms with E-state index in [1.807, 2.05) is 0 Å².